The van der Waals surface area contributed by atoms with Crippen LogP contribution < -0.4 is 16.0 Å². The molecule has 0 heterocycles. The average Bonchev–Trinajstić information content (AvgIpc) is 3.07. The zero-order chi connectivity index (χ0) is 31.6. The minimum Gasteiger partial charge on any atom is -0.325 e. The maximum Gasteiger partial charge on any atom is 0.272 e. The number of carbonyl (C=O) groups excluding carboxylic acids is 3. The van der Waals surface area contributed by atoms with Gasteiger partial charge in [-0.3, -0.25) is 14.4 Å². The Hall–Kier alpha value is -5.40. The van der Waals surface area contributed by atoms with E-state index in [1.54, 1.807) is 36.4 Å². The van der Waals surface area contributed by atoms with Gasteiger partial charge in [0.05, 0.1) is 0 Å². The minimum absolute atomic E-state index is 0.100. The normalized spacial score (nSPS) is 11.7. The third-order valence-electron chi connectivity index (χ3n) is 7.19. The van der Waals surface area contributed by atoms with Crippen LogP contribution in [0.3, 0.4) is 0 Å². The molecule has 45 heavy (non-hydrogen) atoms. The fourth-order valence-corrected chi connectivity index (χ4v) is 5.71. The Labute approximate surface area is 267 Å². The first-order valence-electron chi connectivity index (χ1n) is 14.5. The van der Waals surface area contributed by atoms with Crippen molar-refractivity contribution in [2.75, 3.05) is 10.6 Å². The molecule has 7 heteroatoms. The van der Waals surface area contributed by atoms with Crippen LogP contribution in [0.1, 0.15) is 37.9 Å². The van der Waals surface area contributed by atoms with Crippen LogP contribution in [0.5, 0.6) is 0 Å². The molecule has 0 aliphatic carbocycles. The van der Waals surface area contributed by atoms with Crippen molar-refractivity contribution < 1.29 is 14.4 Å². The Morgan fingerprint density at radius 3 is 2.04 bits per heavy atom. The molecule has 0 bridgehead atoms. The van der Waals surface area contributed by atoms with Crippen molar-refractivity contribution in [2.24, 2.45) is 0 Å². The van der Waals surface area contributed by atoms with Crippen LogP contribution in [-0.2, 0) is 9.59 Å². The van der Waals surface area contributed by atoms with Crippen LogP contribution in [0.15, 0.2) is 144 Å². The van der Waals surface area contributed by atoms with E-state index in [2.05, 4.69) is 16.0 Å². The number of rotatable bonds is 10. The van der Waals surface area contributed by atoms with E-state index in [4.69, 9.17) is 0 Å². The molecule has 3 N–H and O–H groups in total. The highest BCUT2D eigenvalue weighted by molar-refractivity contribution is 8.00. The molecule has 0 spiro atoms. The number of aryl methyl sites for hydroxylation is 1. The van der Waals surface area contributed by atoms with E-state index in [1.807, 2.05) is 117 Å². The third kappa shape index (κ3) is 8.37. The maximum atomic E-state index is 13.7. The standard InChI is InChI=1S/C38H33N3O3S/c1-26-14-12-23-33(27(26)2)40-38(44)35(29-17-8-4-9-18-29)45-32-22-13-21-31(25-32)39-37(43)34(24-28-15-6-3-7-16-28)41-36(42)30-19-10-5-11-20-30/h3-25,35H,1-2H3,(H,39,43)(H,40,44)(H,41,42)/b34-24-. The molecule has 5 aromatic carbocycles. The first-order valence-corrected chi connectivity index (χ1v) is 15.4. The summed E-state index contributed by atoms with van der Waals surface area (Å²) in [6.45, 7) is 4.01. The first-order chi connectivity index (χ1) is 21.9. The molecule has 5 aromatic rings. The van der Waals surface area contributed by atoms with Gasteiger partial charge in [0.2, 0.25) is 5.91 Å². The molecule has 0 radical (unpaired) electrons. The number of nitrogens with one attached hydrogen (secondary N) is 3. The van der Waals surface area contributed by atoms with Crippen molar-refractivity contribution in [3.8, 4) is 0 Å². The second-order valence-electron chi connectivity index (χ2n) is 10.4. The number of thioether (sulfide) groups is 1. The topological polar surface area (TPSA) is 87.3 Å². The van der Waals surface area contributed by atoms with Gasteiger partial charge in [-0.2, -0.15) is 0 Å². The van der Waals surface area contributed by atoms with Gasteiger partial charge in [-0.1, -0.05) is 97.1 Å². The van der Waals surface area contributed by atoms with Gasteiger partial charge in [0.15, 0.2) is 0 Å². The quantitative estimate of drug-likeness (QED) is 0.110. The van der Waals surface area contributed by atoms with Crippen LogP contribution in [0.2, 0.25) is 0 Å². The van der Waals surface area contributed by atoms with Gasteiger partial charge in [-0.15, -0.1) is 11.8 Å². The lowest BCUT2D eigenvalue weighted by Gasteiger charge is -2.19. The Morgan fingerprint density at radius 2 is 1.33 bits per heavy atom. The lowest BCUT2D eigenvalue weighted by atomic mass is 10.1. The van der Waals surface area contributed by atoms with E-state index < -0.39 is 17.1 Å². The van der Waals surface area contributed by atoms with Crippen LogP contribution in [0.4, 0.5) is 11.4 Å². The van der Waals surface area contributed by atoms with E-state index in [0.29, 0.717) is 11.3 Å². The number of hydrogen-bond acceptors (Lipinski definition) is 4. The van der Waals surface area contributed by atoms with Gasteiger partial charge >= 0.3 is 0 Å². The first kappa shape index (κ1) is 31.0. The van der Waals surface area contributed by atoms with Gasteiger partial charge in [0.1, 0.15) is 10.9 Å². The zero-order valence-electron chi connectivity index (χ0n) is 25.0. The zero-order valence-corrected chi connectivity index (χ0v) is 25.8. The van der Waals surface area contributed by atoms with Crippen molar-refractivity contribution in [3.63, 3.8) is 0 Å². The number of carbonyl (C=O) groups is 3. The lowest BCUT2D eigenvalue weighted by Crippen LogP contribution is -2.30. The highest BCUT2D eigenvalue weighted by Crippen LogP contribution is 2.37. The molecule has 0 saturated heterocycles. The van der Waals surface area contributed by atoms with Gasteiger partial charge in [-0.05, 0) is 78.6 Å². The maximum absolute atomic E-state index is 13.7. The summed E-state index contributed by atoms with van der Waals surface area (Å²) in [5, 5.41) is 8.25. The molecule has 224 valence electrons. The Balaban J connectivity index is 1.37. The molecule has 0 saturated carbocycles. The molecular formula is C38H33N3O3S. The summed E-state index contributed by atoms with van der Waals surface area (Å²) in [4.78, 5) is 41.0. The molecule has 1 unspecified atom stereocenters. The lowest BCUT2D eigenvalue weighted by molar-refractivity contribution is -0.116. The summed E-state index contributed by atoms with van der Waals surface area (Å²) in [6.07, 6.45) is 1.64. The number of amides is 3. The summed E-state index contributed by atoms with van der Waals surface area (Å²) in [5.41, 5.74) is 5.58. The SMILES string of the molecule is Cc1cccc(NC(=O)C(Sc2cccc(NC(=O)/C(=C/c3ccccc3)NC(=O)c3ccccc3)c2)c2ccccc2)c1C. The summed E-state index contributed by atoms with van der Waals surface area (Å²) < 4.78 is 0. The van der Waals surface area contributed by atoms with E-state index in [9.17, 15) is 14.4 Å². The second-order valence-corrected chi connectivity index (χ2v) is 11.6. The van der Waals surface area contributed by atoms with E-state index >= 15 is 0 Å². The summed E-state index contributed by atoms with van der Waals surface area (Å²) >= 11 is 1.39. The van der Waals surface area contributed by atoms with Crippen molar-refractivity contribution in [2.45, 2.75) is 24.0 Å². The highest BCUT2D eigenvalue weighted by atomic mass is 32.2. The van der Waals surface area contributed by atoms with Gasteiger partial charge in [0.25, 0.3) is 11.8 Å². The van der Waals surface area contributed by atoms with Crippen LogP contribution >= 0.6 is 11.8 Å². The fourth-order valence-electron chi connectivity index (χ4n) is 4.63. The fraction of sp³-hybridized carbons (Fsp3) is 0.0789. The summed E-state index contributed by atoms with van der Waals surface area (Å²) in [6, 6.07) is 40.8. The second kappa shape index (κ2) is 14.9. The Bertz CT molecular complexity index is 1820. The van der Waals surface area contributed by atoms with Crippen LogP contribution in [0.25, 0.3) is 6.08 Å². The Morgan fingerprint density at radius 1 is 0.689 bits per heavy atom. The third-order valence-corrected chi connectivity index (χ3v) is 8.44. The van der Waals surface area contributed by atoms with Gasteiger partial charge in [0, 0.05) is 21.8 Å². The predicted molar refractivity (Wildman–Crippen MR) is 183 cm³/mol. The number of anilines is 2. The molecule has 0 aliphatic rings. The van der Waals surface area contributed by atoms with Crippen LogP contribution in [0, 0.1) is 13.8 Å². The van der Waals surface area contributed by atoms with Crippen molar-refractivity contribution in [3.05, 3.63) is 167 Å². The molecule has 6 nitrogen and oxygen atoms in total. The van der Waals surface area contributed by atoms with Gasteiger partial charge in [-0.25, -0.2) is 0 Å². The summed E-state index contributed by atoms with van der Waals surface area (Å²) in [7, 11) is 0. The molecule has 3 amide bonds. The van der Waals surface area contributed by atoms with Crippen LogP contribution in [-0.4, -0.2) is 17.7 Å². The van der Waals surface area contributed by atoms with Crippen molar-refractivity contribution in [1.82, 2.24) is 5.32 Å². The number of hydrogen-bond donors (Lipinski definition) is 3. The molecule has 0 aromatic heterocycles. The predicted octanol–water partition coefficient (Wildman–Crippen LogP) is 8.19. The smallest absolute Gasteiger partial charge is 0.272 e. The Kier molecular flexibility index (Phi) is 10.2. The van der Waals surface area contributed by atoms with Crippen molar-refractivity contribution in [1.29, 1.82) is 0 Å². The molecule has 0 aliphatic heterocycles. The van der Waals surface area contributed by atoms with E-state index in [1.165, 1.54) is 11.8 Å². The van der Waals surface area contributed by atoms with Gasteiger partial charge < -0.3 is 16.0 Å². The molecule has 0 fully saturated rings. The van der Waals surface area contributed by atoms with E-state index in [-0.39, 0.29) is 11.6 Å². The van der Waals surface area contributed by atoms with E-state index in [0.717, 1.165) is 32.8 Å². The monoisotopic (exact) mass is 611 g/mol. The number of benzene rings is 5. The highest BCUT2D eigenvalue weighted by Gasteiger charge is 2.23. The van der Waals surface area contributed by atoms with Crippen molar-refractivity contribution >= 4 is 46.9 Å². The molecular weight excluding hydrogens is 579 g/mol. The molecule has 1 atom stereocenters. The molecule has 5 rings (SSSR count). The largest absolute Gasteiger partial charge is 0.325 e. The minimum atomic E-state index is -0.546. The average molecular weight is 612 g/mol. The summed E-state index contributed by atoms with van der Waals surface area (Å²) in [5.74, 6) is -1.01.